The van der Waals surface area contributed by atoms with Crippen molar-refractivity contribution in [1.29, 1.82) is 0 Å². The Morgan fingerprint density at radius 3 is 2.51 bits per heavy atom. The van der Waals surface area contributed by atoms with Crippen molar-refractivity contribution in [3.05, 3.63) is 30.5 Å². The summed E-state index contributed by atoms with van der Waals surface area (Å²) >= 11 is 0. The second kappa shape index (κ2) is 20.2. The summed E-state index contributed by atoms with van der Waals surface area (Å²) in [5, 5.41) is 23.4. The van der Waals surface area contributed by atoms with Crippen LogP contribution < -0.4 is 28.3 Å². The Morgan fingerprint density at radius 2 is 1.84 bits per heavy atom. The average Bonchev–Trinajstić information content (AvgIpc) is 3.80. The highest BCUT2D eigenvalue weighted by molar-refractivity contribution is 6.00. The number of aryl methyl sites for hydroxylation is 1. The summed E-state index contributed by atoms with van der Waals surface area (Å²) in [4.78, 5) is 48.0. The molecular formula is C42H68N10O9. The number of benzene rings is 1. The van der Waals surface area contributed by atoms with Gasteiger partial charge in [0.15, 0.2) is 23.6 Å². The Kier molecular flexibility index (Phi) is 15.8. The number of aliphatic hydroxyl groups is 1. The van der Waals surface area contributed by atoms with E-state index in [-0.39, 0.29) is 30.9 Å². The number of guanidine groups is 1. The van der Waals surface area contributed by atoms with E-state index >= 15 is 0 Å². The number of carbonyl (C=O) groups is 3. The van der Waals surface area contributed by atoms with Gasteiger partial charge in [0.05, 0.1) is 36.6 Å². The van der Waals surface area contributed by atoms with Crippen molar-refractivity contribution >= 4 is 29.5 Å². The molecule has 0 radical (unpaired) electrons. The van der Waals surface area contributed by atoms with E-state index in [1.54, 1.807) is 23.4 Å². The number of unbranched alkanes of at least 4 members (excludes halogenated alkanes) is 1. The van der Waals surface area contributed by atoms with Gasteiger partial charge in [-0.3, -0.25) is 24.2 Å². The number of nitrogens with one attached hydrogen (secondary N) is 1. The van der Waals surface area contributed by atoms with Crippen molar-refractivity contribution in [2.45, 2.75) is 147 Å². The molecule has 19 nitrogen and oxygen atoms in total. The lowest BCUT2D eigenvalue weighted by atomic mass is 9.78. The summed E-state index contributed by atoms with van der Waals surface area (Å²) in [6, 6.07) is 5.84. The fourth-order valence-electron chi connectivity index (χ4n) is 9.21. The van der Waals surface area contributed by atoms with Gasteiger partial charge in [-0.25, -0.2) is 4.79 Å². The second-order valence-corrected chi connectivity index (χ2v) is 17.5. The Hall–Kier alpha value is -4.40. The number of nitrogens with zero attached hydrogens (tertiary/aromatic N) is 5. The minimum atomic E-state index is -1.26. The third-order valence-corrected chi connectivity index (χ3v) is 12.6. The van der Waals surface area contributed by atoms with Crippen LogP contribution in [-0.2, 0) is 39.8 Å². The minimum Gasteiger partial charge on any atom is -0.458 e. The molecule has 1 amide bonds. The monoisotopic (exact) mass is 857 g/mol. The predicted molar refractivity (Wildman–Crippen MR) is 227 cm³/mol. The fourth-order valence-corrected chi connectivity index (χ4v) is 9.21. The molecule has 19 heteroatoms. The van der Waals surface area contributed by atoms with Gasteiger partial charge in [-0.15, -0.1) is 5.10 Å². The number of aliphatic hydroxyl groups excluding tert-OH is 1. The van der Waals surface area contributed by atoms with E-state index in [2.05, 4.69) is 20.6 Å². The number of carbonyl (C=O) groups excluding carboxylic acids is 3. The van der Waals surface area contributed by atoms with Crippen LogP contribution in [0.1, 0.15) is 80.6 Å². The van der Waals surface area contributed by atoms with E-state index in [1.807, 2.05) is 58.2 Å². The third kappa shape index (κ3) is 11.0. The Morgan fingerprint density at radius 1 is 1.11 bits per heavy atom. The number of nitrogens with two attached hydrogens (primary N) is 4. The Bertz CT molecular complexity index is 1850. The highest BCUT2D eigenvalue weighted by Crippen LogP contribution is 2.40. The quantitative estimate of drug-likeness (QED) is 0.0444. The van der Waals surface area contributed by atoms with Gasteiger partial charge in [0.1, 0.15) is 23.8 Å². The summed E-state index contributed by atoms with van der Waals surface area (Å²) < 4.78 is 33.0. The maximum atomic E-state index is 14.4. The Labute approximate surface area is 358 Å². The van der Waals surface area contributed by atoms with Gasteiger partial charge in [-0.05, 0) is 84.4 Å². The molecule has 2 aromatic rings. The summed E-state index contributed by atoms with van der Waals surface area (Å²) in [6.07, 6.45) is -1.34. The number of Topliss-reactive ketones (excluding diaryl/α,β-unsaturated/α-hetero) is 1. The predicted octanol–water partition coefficient (Wildman–Crippen LogP) is 1.93. The number of ketones is 1. The van der Waals surface area contributed by atoms with Gasteiger partial charge in [-0.1, -0.05) is 38.1 Å². The first-order valence-corrected chi connectivity index (χ1v) is 21.4. The van der Waals surface area contributed by atoms with Crippen LogP contribution in [0.25, 0.3) is 11.3 Å². The molecule has 0 aliphatic carbocycles. The molecule has 1 aromatic carbocycles. The zero-order valence-corrected chi connectivity index (χ0v) is 36.9. The number of hydrogen-bond donors (Lipinski definition) is 6. The second-order valence-electron chi connectivity index (χ2n) is 17.5. The van der Waals surface area contributed by atoms with Crippen LogP contribution in [0.4, 0.5) is 10.5 Å². The maximum absolute atomic E-state index is 14.4. The van der Waals surface area contributed by atoms with Crippen molar-refractivity contribution in [1.82, 2.24) is 25.2 Å². The van der Waals surface area contributed by atoms with E-state index in [4.69, 9.17) is 46.6 Å². The van der Waals surface area contributed by atoms with Gasteiger partial charge in [0.25, 0.3) is 0 Å². The molecule has 10 N–H and O–H groups in total. The lowest BCUT2D eigenvalue weighted by Crippen LogP contribution is -2.61. The van der Waals surface area contributed by atoms with Crippen molar-refractivity contribution < 1.29 is 43.2 Å². The topological polar surface area (TPSA) is 280 Å². The van der Waals surface area contributed by atoms with Crippen molar-refractivity contribution in [3.63, 3.8) is 0 Å². The zero-order valence-electron chi connectivity index (χ0n) is 36.9. The van der Waals surface area contributed by atoms with Gasteiger partial charge < -0.3 is 57.0 Å². The van der Waals surface area contributed by atoms with Crippen LogP contribution in [0.5, 0.6) is 0 Å². The normalized spacial score (nSPS) is 35.4. The van der Waals surface area contributed by atoms with E-state index in [9.17, 15) is 19.5 Å². The zero-order chi connectivity index (χ0) is 44.8. The summed E-state index contributed by atoms with van der Waals surface area (Å²) in [7, 11) is 1.53. The van der Waals surface area contributed by atoms with Crippen molar-refractivity contribution in [2.24, 2.45) is 39.9 Å². The summed E-state index contributed by atoms with van der Waals surface area (Å²) in [5.41, 5.74) is 23.2. The van der Waals surface area contributed by atoms with Crippen molar-refractivity contribution in [3.8, 4) is 11.3 Å². The molecule has 3 saturated heterocycles. The molecule has 4 heterocycles. The van der Waals surface area contributed by atoms with Crippen LogP contribution in [0.15, 0.2) is 35.5 Å². The van der Waals surface area contributed by atoms with Gasteiger partial charge >= 0.3 is 12.1 Å². The van der Waals surface area contributed by atoms with Crippen LogP contribution in [0.2, 0.25) is 0 Å². The molecule has 3 unspecified atom stereocenters. The highest BCUT2D eigenvalue weighted by atomic mass is 16.7. The number of aromatic nitrogens is 3. The number of nitrogen functional groups attached to an aromatic ring is 1. The summed E-state index contributed by atoms with van der Waals surface area (Å²) in [5.74, 6) is -3.62. The maximum Gasteiger partial charge on any atom is 0.410 e. The number of aliphatic imine (C=N–C) groups is 1. The van der Waals surface area contributed by atoms with E-state index in [0.717, 1.165) is 5.56 Å². The number of hydrogen-bond acceptors (Lipinski definition) is 15. The average molecular weight is 857 g/mol. The van der Waals surface area contributed by atoms with E-state index < -0.39 is 83.7 Å². The van der Waals surface area contributed by atoms with E-state index in [1.165, 1.54) is 14.0 Å². The molecule has 61 heavy (non-hydrogen) atoms. The number of ether oxygens (including phenoxy) is 5. The number of fused-ring (bicyclic) bond motifs is 1. The summed E-state index contributed by atoms with van der Waals surface area (Å²) in [6.45, 7) is 14.2. The standard InChI is InChI=1S/C42H68N10O9/c1-9-32-42(7)35(52(40(56)61-42)16-11-10-15-51-22-31(49-50-51)27-13-12-14-28(43)17-27)26(5)47-20-23(2)19-41(6,57-8)36(24(3)33(53)25(4)37(55)59-32)60-38-34(54)30(44)18-29(58-38)21-48-39(45)46/h12-14,17,22-26,29-30,32,34-36,38,47,54H,9-11,15-16,18-21,43-44H2,1-8H3,(H4,45,46,48)/t23-,24+,25-,26-,29?,30?,32-,34?,35-,36-,38+,41-,42-/m1/s1. The molecule has 3 aliphatic rings. The number of anilines is 1. The smallest absolute Gasteiger partial charge is 0.410 e. The molecule has 5 rings (SSSR count). The number of esters is 1. The van der Waals surface area contributed by atoms with E-state index in [0.29, 0.717) is 56.7 Å². The van der Waals surface area contributed by atoms with Crippen LogP contribution in [0.3, 0.4) is 0 Å². The molecule has 3 aliphatic heterocycles. The first-order valence-electron chi connectivity index (χ1n) is 21.4. The molecule has 3 fully saturated rings. The lowest BCUT2D eigenvalue weighted by molar-refractivity contribution is -0.289. The fraction of sp³-hybridized carbons (Fsp3) is 0.714. The van der Waals surface area contributed by atoms with Crippen LogP contribution >= 0.6 is 0 Å². The largest absolute Gasteiger partial charge is 0.458 e. The molecule has 0 spiro atoms. The molecule has 1 aromatic heterocycles. The number of rotatable bonds is 12. The van der Waals surface area contributed by atoms with Crippen LogP contribution in [-0.4, -0.2) is 136 Å². The number of methoxy groups -OCH3 is 1. The number of cyclic esters (lactones) is 1. The molecule has 0 saturated carbocycles. The molecule has 13 atom stereocenters. The molecular weight excluding hydrogens is 789 g/mol. The van der Waals surface area contributed by atoms with Crippen molar-refractivity contribution in [2.75, 3.05) is 32.5 Å². The minimum absolute atomic E-state index is 0.0742. The lowest BCUT2D eigenvalue weighted by Gasteiger charge is -2.45. The Balaban J connectivity index is 1.37. The molecule has 0 bridgehead atoms. The van der Waals surface area contributed by atoms with Gasteiger partial charge in [-0.2, -0.15) is 0 Å². The third-order valence-electron chi connectivity index (χ3n) is 12.6. The van der Waals surface area contributed by atoms with Gasteiger partial charge in [0, 0.05) is 49.5 Å². The van der Waals surface area contributed by atoms with Gasteiger partial charge in [0.2, 0.25) is 0 Å². The molecule has 340 valence electrons. The number of amides is 1. The first kappa shape index (κ1) is 47.6. The SMILES string of the molecule is CC[C@H]1OC(=O)[C@H](C)C(=O)[C@H](C)[C@@H](O[C@@H]2OC(CN=C(N)N)CC(N)C2O)[C@](C)(OC)C[C@@H](C)CN[C@H](C)[C@H]2N(CCCCn3cc(-c4cccc(N)c4)nn3)C(=O)O[C@]12C. The highest BCUT2D eigenvalue weighted by Gasteiger charge is 2.58. The van der Waals surface area contributed by atoms with Crippen LogP contribution in [0, 0.1) is 17.8 Å². The first-order chi connectivity index (χ1) is 28.8.